The second-order valence-electron chi connectivity index (χ2n) is 7.72. The number of nitrogens with zero attached hydrogens (tertiary/aromatic N) is 3. The number of hydrogen-bond acceptors (Lipinski definition) is 6. The Morgan fingerprint density at radius 1 is 1.12 bits per heavy atom. The molecular weight excluding hydrogens is 462 g/mol. The molecule has 0 bridgehead atoms. The number of piperazine rings is 1. The third kappa shape index (κ3) is 5.46. The number of benzene rings is 2. The molecule has 2 fully saturated rings. The number of carbonyl (C=O) groups excluding carboxylic acids is 1. The van der Waals surface area contributed by atoms with Crippen LogP contribution in [0.2, 0.25) is 5.02 Å². The summed E-state index contributed by atoms with van der Waals surface area (Å²) in [5.74, 6) is 0.749. The van der Waals surface area contributed by atoms with Crippen LogP contribution < -0.4 is 9.64 Å². The lowest BCUT2D eigenvalue weighted by Crippen LogP contribution is -2.50. The molecule has 4 rings (SSSR count). The van der Waals surface area contributed by atoms with Crippen LogP contribution >= 0.6 is 35.6 Å². The van der Waals surface area contributed by atoms with Gasteiger partial charge in [-0.15, -0.1) is 0 Å². The van der Waals surface area contributed by atoms with E-state index in [0.717, 1.165) is 54.6 Å². The van der Waals surface area contributed by atoms with E-state index in [1.165, 1.54) is 11.8 Å². The maximum absolute atomic E-state index is 13.1. The molecular formula is C24H26ClN3O2S2. The van der Waals surface area contributed by atoms with Crippen molar-refractivity contribution in [3.63, 3.8) is 0 Å². The van der Waals surface area contributed by atoms with Crippen LogP contribution in [0.1, 0.15) is 18.9 Å². The molecule has 0 aromatic heterocycles. The number of anilines is 1. The first-order valence-corrected chi connectivity index (χ1v) is 12.4. The number of carbonyl (C=O) groups is 1. The van der Waals surface area contributed by atoms with E-state index in [2.05, 4.69) is 22.8 Å². The largest absolute Gasteiger partial charge is 0.493 e. The first kappa shape index (κ1) is 23.1. The summed E-state index contributed by atoms with van der Waals surface area (Å²) in [6, 6.07) is 15.7. The second kappa shape index (κ2) is 10.7. The molecule has 2 heterocycles. The van der Waals surface area contributed by atoms with Crippen LogP contribution in [0.25, 0.3) is 6.08 Å². The fourth-order valence-corrected chi connectivity index (χ4v) is 5.14. The molecule has 2 aromatic carbocycles. The third-order valence-corrected chi connectivity index (χ3v) is 7.04. The molecule has 168 valence electrons. The van der Waals surface area contributed by atoms with Crippen LogP contribution in [0.5, 0.6) is 5.75 Å². The zero-order valence-electron chi connectivity index (χ0n) is 18.0. The number of thiocarbonyl (C=S) groups is 1. The van der Waals surface area contributed by atoms with E-state index < -0.39 is 0 Å². The van der Waals surface area contributed by atoms with E-state index in [1.807, 2.05) is 48.5 Å². The zero-order valence-corrected chi connectivity index (χ0v) is 20.4. The van der Waals surface area contributed by atoms with E-state index in [9.17, 15) is 4.79 Å². The number of rotatable bonds is 7. The van der Waals surface area contributed by atoms with Crippen molar-refractivity contribution in [2.45, 2.75) is 13.3 Å². The molecule has 0 radical (unpaired) electrons. The molecule has 2 aliphatic rings. The van der Waals surface area contributed by atoms with Crippen molar-refractivity contribution >= 4 is 57.6 Å². The maximum atomic E-state index is 13.1. The Morgan fingerprint density at radius 2 is 1.91 bits per heavy atom. The standard InChI is InChI=1S/C24H26ClN3O2S2/c1-2-14-30-21-9-4-3-6-18(21)15-22-23(29)28(24(31)32-22)17-26-10-12-27(13-11-26)20-8-5-7-19(25)16-20/h3-9,15-16H,2,10-14,17H2,1H3/b22-15-. The summed E-state index contributed by atoms with van der Waals surface area (Å²) in [5, 5.41) is 0.746. The topological polar surface area (TPSA) is 36.0 Å². The van der Waals surface area contributed by atoms with Gasteiger partial charge in [0.15, 0.2) is 0 Å². The summed E-state index contributed by atoms with van der Waals surface area (Å²) in [5.41, 5.74) is 2.03. The van der Waals surface area contributed by atoms with Gasteiger partial charge in [-0.05, 0) is 36.8 Å². The Hall–Kier alpha value is -2.06. The van der Waals surface area contributed by atoms with Crippen molar-refractivity contribution in [1.29, 1.82) is 0 Å². The summed E-state index contributed by atoms with van der Waals surface area (Å²) < 4.78 is 6.43. The second-order valence-corrected chi connectivity index (χ2v) is 9.83. The molecule has 8 heteroatoms. The van der Waals surface area contributed by atoms with Gasteiger partial charge in [-0.3, -0.25) is 14.6 Å². The zero-order chi connectivity index (χ0) is 22.5. The predicted molar refractivity (Wildman–Crippen MR) is 137 cm³/mol. The quantitative estimate of drug-likeness (QED) is 0.399. The fourth-order valence-electron chi connectivity index (χ4n) is 3.73. The number of para-hydroxylation sites is 1. The van der Waals surface area contributed by atoms with Gasteiger partial charge in [0.1, 0.15) is 10.1 Å². The van der Waals surface area contributed by atoms with Gasteiger partial charge in [0.25, 0.3) is 5.91 Å². The van der Waals surface area contributed by atoms with Gasteiger partial charge in [-0.2, -0.15) is 0 Å². The van der Waals surface area contributed by atoms with Gasteiger partial charge in [-0.1, -0.05) is 66.8 Å². The Morgan fingerprint density at radius 3 is 2.66 bits per heavy atom. The summed E-state index contributed by atoms with van der Waals surface area (Å²) in [6.07, 6.45) is 2.82. The minimum absolute atomic E-state index is 0.0393. The normalized spacial score (nSPS) is 18.6. The van der Waals surface area contributed by atoms with Gasteiger partial charge in [-0.25, -0.2) is 0 Å². The van der Waals surface area contributed by atoms with Gasteiger partial charge in [0, 0.05) is 42.5 Å². The van der Waals surface area contributed by atoms with E-state index >= 15 is 0 Å². The van der Waals surface area contributed by atoms with Crippen molar-refractivity contribution in [1.82, 2.24) is 9.80 Å². The van der Waals surface area contributed by atoms with Crippen LogP contribution in [0, 0.1) is 0 Å². The molecule has 2 aliphatic heterocycles. The Bertz CT molecular complexity index is 1020. The maximum Gasteiger partial charge on any atom is 0.267 e. The van der Waals surface area contributed by atoms with Crippen molar-refractivity contribution in [3.05, 3.63) is 64.0 Å². The molecule has 2 saturated heterocycles. The molecule has 0 aliphatic carbocycles. The Kier molecular flexibility index (Phi) is 7.73. The van der Waals surface area contributed by atoms with Crippen LogP contribution in [-0.2, 0) is 4.79 Å². The van der Waals surface area contributed by atoms with E-state index in [0.29, 0.717) is 22.5 Å². The molecule has 0 spiro atoms. The van der Waals surface area contributed by atoms with Crippen LogP contribution in [-0.4, -0.2) is 59.5 Å². The number of thioether (sulfide) groups is 1. The average molecular weight is 488 g/mol. The number of amides is 1. The molecule has 0 unspecified atom stereocenters. The fraction of sp³-hybridized carbons (Fsp3) is 0.333. The smallest absolute Gasteiger partial charge is 0.267 e. The Balaban J connectivity index is 1.38. The van der Waals surface area contributed by atoms with Crippen LogP contribution in [0.3, 0.4) is 0 Å². The van der Waals surface area contributed by atoms with Crippen molar-refractivity contribution in [2.24, 2.45) is 0 Å². The summed E-state index contributed by atoms with van der Waals surface area (Å²) in [7, 11) is 0. The first-order valence-electron chi connectivity index (χ1n) is 10.7. The highest BCUT2D eigenvalue weighted by atomic mass is 35.5. The summed E-state index contributed by atoms with van der Waals surface area (Å²) in [6.45, 7) is 6.71. The van der Waals surface area contributed by atoms with Crippen LogP contribution in [0.15, 0.2) is 53.4 Å². The molecule has 0 N–H and O–H groups in total. The van der Waals surface area contributed by atoms with Crippen molar-refractivity contribution in [2.75, 3.05) is 44.4 Å². The lowest BCUT2D eigenvalue weighted by molar-refractivity contribution is -0.123. The minimum atomic E-state index is -0.0393. The minimum Gasteiger partial charge on any atom is -0.493 e. The lowest BCUT2D eigenvalue weighted by Gasteiger charge is -2.37. The van der Waals surface area contributed by atoms with E-state index in [4.69, 9.17) is 28.6 Å². The third-order valence-electron chi connectivity index (χ3n) is 5.43. The van der Waals surface area contributed by atoms with Gasteiger partial charge in [0.2, 0.25) is 0 Å². The van der Waals surface area contributed by atoms with Crippen molar-refractivity contribution in [3.8, 4) is 5.75 Å². The van der Waals surface area contributed by atoms with E-state index in [1.54, 1.807) is 4.90 Å². The highest BCUT2D eigenvalue weighted by molar-refractivity contribution is 8.26. The molecule has 32 heavy (non-hydrogen) atoms. The highest BCUT2D eigenvalue weighted by Gasteiger charge is 2.34. The van der Waals surface area contributed by atoms with Crippen molar-refractivity contribution < 1.29 is 9.53 Å². The molecule has 5 nitrogen and oxygen atoms in total. The van der Waals surface area contributed by atoms with Gasteiger partial charge in [0.05, 0.1) is 18.2 Å². The highest BCUT2D eigenvalue weighted by Crippen LogP contribution is 2.34. The van der Waals surface area contributed by atoms with Crippen LogP contribution in [0.4, 0.5) is 5.69 Å². The SMILES string of the molecule is CCCOc1ccccc1/C=C1\SC(=S)N(CN2CCN(c3cccc(Cl)c3)CC2)C1=O. The number of ether oxygens (including phenoxy) is 1. The average Bonchev–Trinajstić information content (AvgIpc) is 3.06. The first-order chi connectivity index (χ1) is 15.5. The molecule has 1 amide bonds. The molecule has 0 saturated carbocycles. The van der Waals surface area contributed by atoms with Gasteiger partial charge >= 0.3 is 0 Å². The Labute approximate surface area is 204 Å². The van der Waals surface area contributed by atoms with Gasteiger partial charge < -0.3 is 9.64 Å². The molecule has 2 aromatic rings. The lowest BCUT2D eigenvalue weighted by atomic mass is 10.2. The van der Waals surface area contributed by atoms with E-state index in [-0.39, 0.29) is 5.91 Å². The molecule has 0 atom stereocenters. The summed E-state index contributed by atoms with van der Waals surface area (Å²) >= 11 is 13.0. The predicted octanol–water partition coefficient (Wildman–Crippen LogP) is 5.11. The summed E-state index contributed by atoms with van der Waals surface area (Å²) in [4.78, 5) is 20.0. The number of halogens is 1. The number of hydrogen-bond donors (Lipinski definition) is 0. The monoisotopic (exact) mass is 487 g/mol.